The van der Waals surface area contributed by atoms with Crippen molar-refractivity contribution in [1.82, 2.24) is 25.9 Å². The van der Waals surface area contributed by atoms with Gasteiger partial charge in [-0.3, -0.25) is 19.4 Å². The van der Waals surface area contributed by atoms with Crippen LogP contribution in [0.1, 0.15) is 31.0 Å². The SMILES string of the molecule is CC(NC(=O)C(Cc1ccccc1)NC(=O)C(N)CCCN=C(N)N)C(=O)NC(Cc1cnc[nH]1)C(=O)O. The highest BCUT2D eigenvalue weighted by Gasteiger charge is 2.28. The number of nitrogens with one attached hydrogen (secondary N) is 4. The summed E-state index contributed by atoms with van der Waals surface area (Å²) in [6.45, 7) is 1.72. The number of hydrogen-bond donors (Lipinski definition) is 8. The van der Waals surface area contributed by atoms with Crippen molar-refractivity contribution in [3.63, 3.8) is 0 Å². The van der Waals surface area contributed by atoms with E-state index in [1.807, 2.05) is 6.07 Å². The molecule has 0 bridgehead atoms. The van der Waals surface area contributed by atoms with Crippen LogP contribution in [-0.2, 0) is 32.0 Å². The Kier molecular flexibility index (Phi) is 11.7. The molecular weight excluding hydrogens is 494 g/mol. The van der Waals surface area contributed by atoms with Gasteiger partial charge in [-0.15, -0.1) is 0 Å². The van der Waals surface area contributed by atoms with Gasteiger partial charge in [-0.1, -0.05) is 30.3 Å². The summed E-state index contributed by atoms with van der Waals surface area (Å²) in [6.07, 6.45) is 3.73. The Labute approximate surface area is 219 Å². The summed E-state index contributed by atoms with van der Waals surface area (Å²) in [7, 11) is 0. The van der Waals surface area contributed by atoms with Crippen LogP contribution in [0.4, 0.5) is 0 Å². The quantitative estimate of drug-likeness (QED) is 0.0731. The molecule has 0 radical (unpaired) electrons. The molecule has 0 saturated carbocycles. The lowest BCUT2D eigenvalue weighted by Crippen LogP contribution is -2.57. The third kappa shape index (κ3) is 10.3. The van der Waals surface area contributed by atoms with Crippen molar-refractivity contribution in [2.24, 2.45) is 22.2 Å². The second kappa shape index (κ2) is 14.9. The van der Waals surface area contributed by atoms with Gasteiger partial charge in [0.05, 0.1) is 12.4 Å². The summed E-state index contributed by atoms with van der Waals surface area (Å²) in [5, 5.41) is 17.1. The Morgan fingerprint density at radius 3 is 2.29 bits per heavy atom. The van der Waals surface area contributed by atoms with Crippen LogP contribution in [0.3, 0.4) is 0 Å². The number of aromatic amines is 1. The number of carboxylic acids is 1. The van der Waals surface area contributed by atoms with Gasteiger partial charge in [0, 0.05) is 31.3 Å². The topological polar surface area (TPSA) is 244 Å². The molecule has 0 saturated heterocycles. The van der Waals surface area contributed by atoms with E-state index in [0.29, 0.717) is 18.7 Å². The number of nitrogens with two attached hydrogens (primary N) is 3. The van der Waals surface area contributed by atoms with E-state index < -0.39 is 47.9 Å². The van der Waals surface area contributed by atoms with Gasteiger partial charge < -0.3 is 43.2 Å². The van der Waals surface area contributed by atoms with Gasteiger partial charge in [-0.2, -0.15) is 0 Å². The monoisotopic (exact) mass is 529 g/mol. The second-order valence-corrected chi connectivity index (χ2v) is 8.72. The van der Waals surface area contributed by atoms with E-state index in [0.717, 1.165) is 5.56 Å². The minimum absolute atomic E-state index is 0.0184. The fraction of sp³-hybridized carbons (Fsp3) is 0.417. The Morgan fingerprint density at radius 2 is 1.68 bits per heavy atom. The summed E-state index contributed by atoms with van der Waals surface area (Å²) in [6, 6.07) is 4.73. The highest BCUT2D eigenvalue weighted by atomic mass is 16.4. The number of hydrogen-bond acceptors (Lipinski definition) is 7. The normalized spacial score (nSPS) is 13.8. The van der Waals surface area contributed by atoms with Crippen LogP contribution >= 0.6 is 0 Å². The number of aliphatic imine (C=N–C) groups is 1. The summed E-state index contributed by atoms with van der Waals surface area (Å²) in [5.74, 6) is -3.18. The number of amides is 3. The van der Waals surface area contributed by atoms with E-state index in [4.69, 9.17) is 17.2 Å². The third-order valence-corrected chi connectivity index (χ3v) is 5.57. The molecular formula is C24H35N9O5. The smallest absolute Gasteiger partial charge is 0.326 e. The van der Waals surface area contributed by atoms with Crippen LogP contribution in [-0.4, -0.2) is 75.4 Å². The largest absolute Gasteiger partial charge is 0.480 e. The number of aromatic nitrogens is 2. The first kappa shape index (κ1) is 29.8. The fourth-order valence-electron chi connectivity index (χ4n) is 3.48. The van der Waals surface area contributed by atoms with E-state index in [9.17, 15) is 24.3 Å². The standard InChI is InChI=1S/C24H35N9O5/c1-14(20(34)33-19(23(37)38)11-16-12-28-13-30-16)31-22(36)18(10-15-6-3-2-4-7-15)32-21(35)17(25)8-5-9-29-24(26)27/h2-4,6-7,12-14,17-19H,5,8-11,25H2,1H3,(H,28,30)(H,31,36)(H,32,35)(H,33,34)(H,37,38)(H4,26,27,29). The van der Waals surface area contributed by atoms with Crippen molar-refractivity contribution in [3.05, 3.63) is 54.1 Å². The first-order valence-corrected chi connectivity index (χ1v) is 12.0. The zero-order valence-corrected chi connectivity index (χ0v) is 21.1. The van der Waals surface area contributed by atoms with Crippen molar-refractivity contribution in [1.29, 1.82) is 0 Å². The summed E-state index contributed by atoms with van der Waals surface area (Å²) >= 11 is 0. The molecule has 11 N–H and O–H groups in total. The van der Waals surface area contributed by atoms with E-state index >= 15 is 0 Å². The molecule has 14 heteroatoms. The molecule has 0 aliphatic heterocycles. The van der Waals surface area contributed by atoms with Crippen LogP contribution in [0.5, 0.6) is 0 Å². The molecule has 3 amide bonds. The van der Waals surface area contributed by atoms with Crippen molar-refractivity contribution >= 4 is 29.7 Å². The Balaban J connectivity index is 2.03. The van der Waals surface area contributed by atoms with Gasteiger partial charge in [-0.25, -0.2) is 9.78 Å². The van der Waals surface area contributed by atoms with Crippen molar-refractivity contribution in [2.45, 2.75) is 56.8 Å². The predicted molar refractivity (Wildman–Crippen MR) is 139 cm³/mol. The number of benzene rings is 1. The zero-order chi connectivity index (χ0) is 28.1. The maximum Gasteiger partial charge on any atom is 0.326 e. The zero-order valence-electron chi connectivity index (χ0n) is 21.1. The molecule has 4 atom stereocenters. The second-order valence-electron chi connectivity index (χ2n) is 8.72. The highest BCUT2D eigenvalue weighted by Crippen LogP contribution is 2.06. The Bertz CT molecular complexity index is 1090. The first-order chi connectivity index (χ1) is 18.1. The molecule has 4 unspecified atom stereocenters. The summed E-state index contributed by atoms with van der Waals surface area (Å²) in [4.78, 5) is 60.6. The number of nitrogens with zero attached hydrogens (tertiary/aromatic N) is 2. The predicted octanol–water partition coefficient (Wildman–Crippen LogP) is -1.87. The van der Waals surface area contributed by atoms with Crippen molar-refractivity contribution in [3.8, 4) is 0 Å². The van der Waals surface area contributed by atoms with E-state index in [2.05, 4.69) is 30.9 Å². The molecule has 206 valence electrons. The van der Waals surface area contributed by atoms with E-state index in [1.165, 1.54) is 19.4 Å². The first-order valence-electron chi connectivity index (χ1n) is 12.0. The van der Waals surface area contributed by atoms with Crippen molar-refractivity contribution in [2.75, 3.05) is 6.54 Å². The molecule has 0 aliphatic rings. The number of carbonyl (C=O) groups is 4. The average Bonchev–Trinajstić information content (AvgIpc) is 3.39. The Morgan fingerprint density at radius 1 is 1.00 bits per heavy atom. The number of H-pyrrole nitrogens is 1. The lowest BCUT2D eigenvalue weighted by Gasteiger charge is -2.23. The van der Waals surface area contributed by atoms with Crippen molar-refractivity contribution < 1.29 is 24.3 Å². The van der Waals surface area contributed by atoms with Gasteiger partial charge in [0.15, 0.2) is 5.96 Å². The summed E-state index contributed by atoms with van der Waals surface area (Å²) in [5.41, 5.74) is 17.9. The van der Waals surface area contributed by atoms with E-state index in [1.54, 1.807) is 24.3 Å². The fourth-order valence-corrected chi connectivity index (χ4v) is 3.48. The van der Waals surface area contributed by atoms with Crippen LogP contribution in [0.15, 0.2) is 47.8 Å². The maximum absolute atomic E-state index is 13.1. The number of rotatable bonds is 15. The summed E-state index contributed by atoms with van der Waals surface area (Å²) < 4.78 is 0. The van der Waals surface area contributed by atoms with Crippen LogP contribution in [0.2, 0.25) is 0 Å². The molecule has 2 rings (SSSR count). The number of guanidine groups is 1. The molecule has 1 aromatic carbocycles. The molecule has 0 spiro atoms. The molecule has 1 aromatic heterocycles. The van der Waals surface area contributed by atoms with Gasteiger partial charge in [-0.05, 0) is 25.3 Å². The number of aliphatic carboxylic acids is 1. The Hall–Kier alpha value is -4.46. The molecule has 0 aliphatic carbocycles. The number of imidazole rings is 1. The molecule has 2 aromatic rings. The van der Waals surface area contributed by atoms with Gasteiger partial charge in [0.2, 0.25) is 17.7 Å². The van der Waals surface area contributed by atoms with Gasteiger partial charge in [0.25, 0.3) is 0 Å². The minimum atomic E-state index is -1.24. The van der Waals surface area contributed by atoms with Crippen LogP contribution in [0.25, 0.3) is 0 Å². The molecule has 14 nitrogen and oxygen atoms in total. The van der Waals surface area contributed by atoms with Gasteiger partial charge in [0.1, 0.15) is 18.1 Å². The molecule has 1 heterocycles. The van der Waals surface area contributed by atoms with Crippen LogP contribution < -0.4 is 33.2 Å². The lowest BCUT2D eigenvalue weighted by molar-refractivity contribution is -0.142. The molecule has 38 heavy (non-hydrogen) atoms. The third-order valence-electron chi connectivity index (χ3n) is 5.57. The lowest BCUT2D eigenvalue weighted by atomic mass is 10.0. The van der Waals surface area contributed by atoms with Crippen LogP contribution in [0, 0.1) is 0 Å². The van der Waals surface area contributed by atoms with E-state index in [-0.39, 0.29) is 25.2 Å². The van der Waals surface area contributed by atoms with Gasteiger partial charge >= 0.3 is 5.97 Å². The molecule has 0 fully saturated rings. The maximum atomic E-state index is 13.1. The minimum Gasteiger partial charge on any atom is -0.480 e. The highest BCUT2D eigenvalue weighted by molar-refractivity contribution is 5.94. The number of carboxylic acid groups (broad SMARTS) is 1. The average molecular weight is 530 g/mol. The number of carbonyl (C=O) groups excluding carboxylic acids is 3.